The van der Waals surface area contributed by atoms with Crippen LogP contribution < -0.4 is 15.9 Å². The predicted molar refractivity (Wildman–Crippen MR) is 86.2 cm³/mol. The van der Waals surface area contributed by atoms with Crippen molar-refractivity contribution in [3.63, 3.8) is 0 Å². The molecule has 0 spiro atoms. The molecule has 122 valence electrons. The van der Waals surface area contributed by atoms with Crippen LogP contribution in [0.3, 0.4) is 0 Å². The molecule has 0 radical (unpaired) electrons. The molecule has 0 saturated heterocycles. The summed E-state index contributed by atoms with van der Waals surface area (Å²) in [5, 5.41) is 0. The van der Waals surface area contributed by atoms with Gasteiger partial charge in [0.05, 0.1) is 13.7 Å². The molecule has 7 heteroatoms. The quantitative estimate of drug-likeness (QED) is 0.822. The molecular weight excluding hydrogens is 298 g/mol. The van der Waals surface area contributed by atoms with Crippen molar-refractivity contribution in [2.75, 3.05) is 24.9 Å². The van der Waals surface area contributed by atoms with Crippen molar-refractivity contribution in [3.05, 3.63) is 47.2 Å². The van der Waals surface area contributed by atoms with E-state index in [-0.39, 0.29) is 23.9 Å². The molecule has 0 aliphatic carbocycles. The van der Waals surface area contributed by atoms with Crippen LogP contribution in [-0.2, 0) is 4.74 Å². The van der Waals surface area contributed by atoms with E-state index in [1.165, 1.54) is 11.8 Å². The summed E-state index contributed by atoms with van der Waals surface area (Å²) in [5.74, 6) is -0.198. The Kier molecular flexibility index (Phi) is 4.90. The van der Waals surface area contributed by atoms with Crippen LogP contribution in [0.1, 0.15) is 33.2 Å². The Morgan fingerprint density at radius 1 is 1.35 bits per heavy atom. The van der Waals surface area contributed by atoms with E-state index in [4.69, 9.17) is 15.2 Å². The number of carbonyl (C=O) groups is 2. The smallest absolute Gasteiger partial charge is 0.342 e. The summed E-state index contributed by atoms with van der Waals surface area (Å²) < 4.78 is 11.4. The van der Waals surface area contributed by atoms with E-state index in [2.05, 4.69) is 5.43 Å². The fraction of sp³-hybridized carbons (Fsp3) is 0.250. The van der Waals surface area contributed by atoms with Gasteiger partial charge in [0.25, 0.3) is 5.91 Å². The Hall–Kier alpha value is -2.96. The summed E-state index contributed by atoms with van der Waals surface area (Å²) in [6, 6.07) is 6.71. The van der Waals surface area contributed by atoms with Crippen LogP contribution >= 0.6 is 0 Å². The summed E-state index contributed by atoms with van der Waals surface area (Å²) in [5.41, 5.74) is 9.84. The number of esters is 1. The highest BCUT2D eigenvalue weighted by molar-refractivity contribution is 6.01. The highest BCUT2D eigenvalue weighted by atomic mass is 16.5. The first-order valence-corrected chi connectivity index (χ1v) is 7.07. The first-order chi connectivity index (χ1) is 11.0. The third kappa shape index (κ3) is 3.45. The van der Waals surface area contributed by atoms with E-state index < -0.39 is 5.97 Å². The minimum atomic E-state index is -0.517. The molecule has 1 amide bonds. The van der Waals surface area contributed by atoms with E-state index in [0.717, 1.165) is 0 Å². The second-order valence-electron chi connectivity index (χ2n) is 4.84. The van der Waals surface area contributed by atoms with Crippen molar-refractivity contribution in [3.8, 4) is 5.75 Å². The van der Waals surface area contributed by atoms with Crippen LogP contribution in [0.2, 0.25) is 0 Å². The summed E-state index contributed by atoms with van der Waals surface area (Å²) in [6.45, 7) is 3.68. The monoisotopic (exact) mass is 317 g/mol. The molecule has 0 fully saturated rings. The van der Waals surface area contributed by atoms with E-state index in [0.29, 0.717) is 16.9 Å². The van der Waals surface area contributed by atoms with Gasteiger partial charge in [-0.25, -0.2) is 9.47 Å². The minimum Gasteiger partial charge on any atom is -0.497 e. The van der Waals surface area contributed by atoms with Gasteiger partial charge < -0.3 is 15.2 Å². The average Bonchev–Trinajstić information content (AvgIpc) is 2.81. The van der Waals surface area contributed by atoms with Crippen molar-refractivity contribution in [1.29, 1.82) is 0 Å². The largest absolute Gasteiger partial charge is 0.497 e. The van der Waals surface area contributed by atoms with Gasteiger partial charge >= 0.3 is 5.97 Å². The number of ether oxygens (including phenoxy) is 2. The summed E-state index contributed by atoms with van der Waals surface area (Å²) in [4.78, 5) is 24.2. The minimum absolute atomic E-state index is 0.122. The number of nitrogens with zero attached hydrogens (tertiary/aromatic N) is 1. The number of rotatable bonds is 5. The first kappa shape index (κ1) is 16.4. The van der Waals surface area contributed by atoms with Gasteiger partial charge in [-0.1, -0.05) is 6.07 Å². The van der Waals surface area contributed by atoms with Gasteiger partial charge in [0, 0.05) is 11.8 Å². The van der Waals surface area contributed by atoms with Gasteiger partial charge in [-0.2, -0.15) is 0 Å². The Bertz CT molecular complexity index is 737. The number of aryl methyl sites for hydroxylation is 1. The maximum absolute atomic E-state index is 12.3. The zero-order valence-electron chi connectivity index (χ0n) is 13.3. The van der Waals surface area contributed by atoms with Gasteiger partial charge in [-0.15, -0.1) is 0 Å². The van der Waals surface area contributed by atoms with E-state index in [1.54, 1.807) is 44.3 Å². The molecule has 23 heavy (non-hydrogen) atoms. The lowest BCUT2D eigenvalue weighted by Gasteiger charge is -2.10. The normalized spacial score (nSPS) is 10.2. The molecule has 0 saturated carbocycles. The molecule has 0 atom stereocenters. The third-order valence-corrected chi connectivity index (χ3v) is 3.27. The number of benzene rings is 1. The standard InChI is InChI=1S/C16H19N3O4/c1-4-23-16(21)13-10(2)9-19(14(13)17)18-15(20)11-6-5-7-12(8-11)22-3/h5-9H,4,17H2,1-3H3,(H,18,20). The lowest BCUT2D eigenvalue weighted by atomic mass is 10.2. The van der Waals surface area contributed by atoms with Crippen LogP contribution in [0.5, 0.6) is 5.75 Å². The summed E-state index contributed by atoms with van der Waals surface area (Å²) >= 11 is 0. The molecule has 0 aliphatic heterocycles. The molecule has 1 heterocycles. The van der Waals surface area contributed by atoms with E-state index in [1.807, 2.05) is 0 Å². The zero-order chi connectivity index (χ0) is 17.0. The number of methoxy groups -OCH3 is 1. The number of carbonyl (C=O) groups excluding carboxylic acids is 2. The number of hydrogen-bond donors (Lipinski definition) is 2. The van der Waals surface area contributed by atoms with Gasteiger partial charge in [0.2, 0.25) is 0 Å². The van der Waals surface area contributed by atoms with Gasteiger partial charge in [-0.05, 0) is 37.6 Å². The molecule has 3 N–H and O–H groups in total. The number of nitrogen functional groups attached to an aromatic ring is 1. The van der Waals surface area contributed by atoms with Crippen LogP contribution in [-0.4, -0.2) is 30.3 Å². The highest BCUT2D eigenvalue weighted by Gasteiger charge is 2.20. The molecular formula is C16H19N3O4. The lowest BCUT2D eigenvalue weighted by Crippen LogP contribution is -2.24. The maximum Gasteiger partial charge on any atom is 0.342 e. The molecule has 0 bridgehead atoms. The van der Waals surface area contributed by atoms with Gasteiger partial charge in [0.15, 0.2) is 0 Å². The molecule has 2 rings (SSSR count). The van der Waals surface area contributed by atoms with Crippen molar-refractivity contribution in [2.24, 2.45) is 0 Å². The van der Waals surface area contributed by atoms with Gasteiger partial charge in [0.1, 0.15) is 17.1 Å². The van der Waals surface area contributed by atoms with Crippen LogP contribution in [0.15, 0.2) is 30.5 Å². The van der Waals surface area contributed by atoms with Crippen LogP contribution in [0.25, 0.3) is 0 Å². The van der Waals surface area contributed by atoms with Crippen molar-refractivity contribution in [1.82, 2.24) is 4.68 Å². The van der Waals surface area contributed by atoms with Crippen molar-refractivity contribution >= 4 is 17.7 Å². The first-order valence-electron chi connectivity index (χ1n) is 7.07. The molecule has 0 unspecified atom stereocenters. The number of amides is 1. The molecule has 7 nitrogen and oxygen atoms in total. The molecule has 2 aromatic rings. The summed E-state index contributed by atoms with van der Waals surface area (Å²) in [7, 11) is 1.52. The van der Waals surface area contributed by atoms with Gasteiger partial charge in [-0.3, -0.25) is 10.2 Å². The Labute approximate surface area is 134 Å². The number of nitrogens with two attached hydrogens (primary N) is 1. The number of anilines is 1. The Morgan fingerprint density at radius 2 is 2.09 bits per heavy atom. The third-order valence-electron chi connectivity index (χ3n) is 3.27. The zero-order valence-corrected chi connectivity index (χ0v) is 13.3. The Morgan fingerprint density at radius 3 is 2.74 bits per heavy atom. The second-order valence-corrected chi connectivity index (χ2v) is 4.84. The maximum atomic E-state index is 12.3. The van der Waals surface area contributed by atoms with Crippen LogP contribution in [0, 0.1) is 6.92 Å². The highest BCUT2D eigenvalue weighted by Crippen LogP contribution is 2.20. The van der Waals surface area contributed by atoms with Crippen molar-refractivity contribution < 1.29 is 19.1 Å². The lowest BCUT2D eigenvalue weighted by molar-refractivity contribution is 0.0526. The average molecular weight is 317 g/mol. The van der Waals surface area contributed by atoms with E-state index in [9.17, 15) is 9.59 Å². The number of hydrogen-bond acceptors (Lipinski definition) is 5. The molecule has 0 aliphatic rings. The fourth-order valence-electron chi connectivity index (χ4n) is 2.15. The SMILES string of the molecule is CCOC(=O)c1c(C)cn(NC(=O)c2cccc(OC)c2)c1N. The van der Waals surface area contributed by atoms with Crippen LogP contribution in [0.4, 0.5) is 5.82 Å². The number of nitrogens with one attached hydrogen (secondary N) is 1. The topological polar surface area (TPSA) is 95.6 Å². The molecule has 1 aromatic carbocycles. The summed E-state index contributed by atoms with van der Waals surface area (Å²) in [6.07, 6.45) is 1.57. The van der Waals surface area contributed by atoms with E-state index >= 15 is 0 Å². The molecule has 1 aromatic heterocycles. The Balaban J connectivity index is 2.24. The second kappa shape index (κ2) is 6.87. The fourth-order valence-corrected chi connectivity index (χ4v) is 2.15. The van der Waals surface area contributed by atoms with Crippen molar-refractivity contribution in [2.45, 2.75) is 13.8 Å². The predicted octanol–water partition coefficient (Wildman–Crippen LogP) is 1.95. The number of aromatic nitrogens is 1.